The molecule has 0 aliphatic carbocycles. The number of nitrogens with one attached hydrogen (secondary N) is 1. The first-order valence-corrected chi connectivity index (χ1v) is 11.6. The summed E-state index contributed by atoms with van der Waals surface area (Å²) in [7, 11) is -6.74. The molecule has 1 rings (SSSR count). The molecule has 0 bridgehead atoms. The molecule has 0 fully saturated rings. The third-order valence-corrected chi connectivity index (χ3v) is 5.31. The Balaban J connectivity index is 2.91. The largest absolute Gasteiger partial charge is 0.507 e. The van der Waals surface area contributed by atoms with E-state index in [1.807, 2.05) is 4.90 Å². The van der Waals surface area contributed by atoms with Crippen molar-refractivity contribution in [3.05, 3.63) is 18.2 Å². The topological polar surface area (TPSA) is 104 Å². The second kappa shape index (κ2) is 8.68. The number of sulfonamides is 1. The van der Waals surface area contributed by atoms with E-state index in [0.29, 0.717) is 25.2 Å². The Hall–Kier alpha value is -1.32. The van der Waals surface area contributed by atoms with Crippen molar-refractivity contribution in [3.8, 4) is 5.75 Å². The molecule has 1 aromatic carbocycles. The van der Waals surface area contributed by atoms with Gasteiger partial charge in [0.25, 0.3) is 0 Å². The van der Waals surface area contributed by atoms with Crippen LogP contribution in [0.25, 0.3) is 0 Å². The average molecular weight is 379 g/mol. The summed E-state index contributed by atoms with van der Waals surface area (Å²) < 4.78 is 48.1. The molecule has 0 spiro atoms. The maximum atomic E-state index is 11.8. The minimum atomic E-state index is -3.52. The van der Waals surface area contributed by atoms with E-state index in [2.05, 4.69) is 11.6 Å². The Morgan fingerprint density at radius 1 is 1.08 bits per heavy atom. The van der Waals surface area contributed by atoms with Gasteiger partial charge in [0.2, 0.25) is 10.0 Å². The second-order valence-electron chi connectivity index (χ2n) is 5.78. The molecule has 0 atom stereocenters. The van der Waals surface area contributed by atoms with Crippen LogP contribution in [0.1, 0.15) is 26.2 Å². The lowest BCUT2D eigenvalue weighted by atomic mass is 10.2. The summed E-state index contributed by atoms with van der Waals surface area (Å²) in [6.45, 7) is 3.68. The van der Waals surface area contributed by atoms with Crippen LogP contribution in [-0.4, -0.2) is 54.1 Å². The summed E-state index contributed by atoms with van der Waals surface area (Å²) in [5.41, 5.74) is 0.695. The number of hydrogen-bond acceptors (Lipinski definition) is 6. The molecule has 0 aliphatic rings. The van der Waals surface area contributed by atoms with Gasteiger partial charge in [0.05, 0.1) is 6.26 Å². The molecule has 0 saturated heterocycles. The number of sulfone groups is 1. The van der Waals surface area contributed by atoms with Gasteiger partial charge in [-0.15, -0.1) is 0 Å². The minimum Gasteiger partial charge on any atom is -0.507 e. The van der Waals surface area contributed by atoms with Gasteiger partial charge in [0, 0.05) is 31.6 Å². The van der Waals surface area contributed by atoms with Gasteiger partial charge in [0.15, 0.2) is 9.84 Å². The number of phenols is 1. The number of rotatable bonds is 10. The predicted molar refractivity (Wildman–Crippen MR) is 95.8 cm³/mol. The highest BCUT2D eigenvalue weighted by Crippen LogP contribution is 2.28. The zero-order valence-corrected chi connectivity index (χ0v) is 16.0. The Morgan fingerprint density at radius 2 is 1.71 bits per heavy atom. The lowest BCUT2D eigenvalue weighted by Gasteiger charge is -2.25. The van der Waals surface area contributed by atoms with E-state index in [1.165, 1.54) is 12.1 Å². The fourth-order valence-electron chi connectivity index (χ4n) is 2.24. The van der Waals surface area contributed by atoms with E-state index in [-0.39, 0.29) is 10.6 Å². The van der Waals surface area contributed by atoms with Crippen molar-refractivity contribution in [2.75, 3.05) is 37.0 Å². The molecule has 7 nitrogen and oxygen atoms in total. The Kier molecular flexibility index (Phi) is 7.50. The summed E-state index contributed by atoms with van der Waals surface area (Å²) in [6.07, 6.45) is 4.66. The van der Waals surface area contributed by atoms with Gasteiger partial charge in [-0.25, -0.2) is 21.6 Å². The molecular weight excluding hydrogens is 352 g/mol. The van der Waals surface area contributed by atoms with Crippen molar-refractivity contribution in [2.45, 2.75) is 31.1 Å². The normalized spacial score (nSPS) is 12.3. The van der Waals surface area contributed by atoms with Gasteiger partial charge in [-0.3, -0.25) is 0 Å². The molecule has 0 unspecified atom stereocenters. The van der Waals surface area contributed by atoms with Gasteiger partial charge in [-0.1, -0.05) is 13.3 Å². The van der Waals surface area contributed by atoms with E-state index in [1.54, 1.807) is 6.07 Å². The molecule has 0 heterocycles. The summed E-state index contributed by atoms with van der Waals surface area (Å²) in [5.74, 6) is -0.268. The van der Waals surface area contributed by atoms with Crippen molar-refractivity contribution in [1.82, 2.24) is 4.72 Å². The van der Waals surface area contributed by atoms with Crippen LogP contribution in [0, 0.1) is 0 Å². The highest BCUT2D eigenvalue weighted by atomic mass is 32.2. The van der Waals surface area contributed by atoms with Crippen LogP contribution in [0.15, 0.2) is 23.1 Å². The molecule has 0 radical (unpaired) electrons. The van der Waals surface area contributed by atoms with Crippen LogP contribution in [0.5, 0.6) is 5.75 Å². The van der Waals surface area contributed by atoms with Crippen molar-refractivity contribution in [3.63, 3.8) is 0 Å². The Morgan fingerprint density at radius 3 is 2.25 bits per heavy atom. The zero-order chi connectivity index (χ0) is 18.4. The smallest absolute Gasteiger partial charge is 0.208 e. The van der Waals surface area contributed by atoms with Crippen molar-refractivity contribution >= 4 is 25.5 Å². The fourth-order valence-corrected chi connectivity index (χ4v) is 3.54. The number of nitrogens with zero attached hydrogens (tertiary/aromatic N) is 1. The quantitative estimate of drug-likeness (QED) is 0.596. The van der Waals surface area contributed by atoms with E-state index < -0.39 is 19.9 Å². The first kappa shape index (κ1) is 20.7. The van der Waals surface area contributed by atoms with Gasteiger partial charge in [-0.2, -0.15) is 0 Å². The van der Waals surface area contributed by atoms with Crippen LogP contribution in [0.2, 0.25) is 0 Å². The summed E-state index contributed by atoms with van der Waals surface area (Å²) in [6, 6.07) is 4.51. The first-order valence-electron chi connectivity index (χ1n) is 7.77. The summed E-state index contributed by atoms with van der Waals surface area (Å²) >= 11 is 0. The van der Waals surface area contributed by atoms with Crippen molar-refractivity contribution in [2.24, 2.45) is 0 Å². The molecule has 0 aromatic heterocycles. The number of aromatic hydroxyl groups is 1. The van der Waals surface area contributed by atoms with Gasteiger partial charge >= 0.3 is 0 Å². The van der Waals surface area contributed by atoms with E-state index >= 15 is 0 Å². The third-order valence-electron chi connectivity index (χ3n) is 3.46. The maximum absolute atomic E-state index is 11.8. The molecule has 24 heavy (non-hydrogen) atoms. The summed E-state index contributed by atoms with van der Waals surface area (Å²) in [4.78, 5) is 1.90. The molecule has 2 N–H and O–H groups in total. The third kappa shape index (κ3) is 7.06. The number of anilines is 1. The standard InChI is InChI=1S/C15H26N2O5S2/c1-4-5-10-17(11-6-9-16-24(3,21)22)13-7-8-14(18)15(12-13)23(2,19)20/h7-8,12,16,18H,4-6,9-11H2,1-3H3. The fraction of sp³-hybridized carbons (Fsp3) is 0.600. The van der Waals surface area contributed by atoms with Crippen molar-refractivity contribution < 1.29 is 21.9 Å². The van der Waals surface area contributed by atoms with Gasteiger partial charge < -0.3 is 10.0 Å². The lowest BCUT2D eigenvalue weighted by Crippen LogP contribution is -2.30. The van der Waals surface area contributed by atoms with Crippen LogP contribution in [0.3, 0.4) is 0 Å². The molecule has 0 saturated carbocycles. The van der Waals surface area contributed by atoms with E-state index in [4.69, 9.17) is 0 Å². The number of phenolic OH excluding ortho intramolecular Hbond substituents is 1. The average Bonchev–Trinajstić information content (AvgIpc) is 2.45. The van der Waals surface area contributed by atoms with Gasteiger partial charge in [-0.05, 0) is 31.0 Å². The molecule has 9 heteroatoms. The maximum Gasteiger partial charge on any atom is 0.208 e. The van der Waals surface area contributed by atoms with Crippen LogP contribution in [-0.2, 0) is 19.9 Å². The first-order chi connectivity index (χ1) is 11.0. The molecule has 0 aliphatic heterocycles. The summed E-state index contributed by atoms with van der Waals surface area (Å²) in [5, 5.41) is 9.76. The molecule has 0 amide bonds. The van der Waals surface area contributed by atoms with Crippen LogP contribution in [0.4, 0.5) is 5.69 Å². The zero-order valence-electron chi connectivity index (χ0n) is 14.3. The molecular formula is C15H26N2O5S2. The lowest BCUT2D eigenvalue weighted by molar-refractivity contribution is 0.459. The number of benzene rings is 1. The Labute approximate surface area is 144 Å². The predicted octanol–water partition coefficient (Wildman–Crippen LogP) is 1.34. The monoisotopic (exact) mass is 378 g/mol. The SMILES string of the molecule is CCCCN(CCCNS(C)(=O)=O)c1ccc(O)c(S(C)(=O)=O)c1. The number of unbranched alkanes of at least 4 members (excludes halogenated alkanes) is 1. The van der Waals surface area contributed by atoms with E-state index in [9.17, 15) is 21.9 Å². The van der Waals surface area contributed by atoms with Crippen molar-refractivity contribution in [1.29, 1.82) is 0 Å². The van der Waals surface area contributed by atoms with Crippen LogP contribution >= 0.6 is 0 Å². The highest BCUT2D eigenvalue weighted by molar-refractivity contribution is 7.90. The minimum absolute atomic E-state index is 0.101. The van der Waals surface area contributed by atoms with Gasteiger partial charge in [0.1, 0.15) is 10.6 Å². The second-order valence-corrected chi connectivity index (χ2v) is 9.60. The van der Waals surface area contributed by atoms with Crippen LogP contribution < -0.4 is 9.62 Å². The molecule has 1 aromatic rings. The van der Waals surface area contributed by atoms with E-state index in [0.717, 1.165) is 31.9 Å². The highest BCUT2D eigenvalue weighted by Gasteiger charge is 2.16. The molecule has 138 valence electrons. The number of hydrogen-bond donors (Lipinski definition) is 2. The Bertz CT molecular complexity index is 745.